The maximum Gasteiger partial charge on any atom is 0.454 e. The van der Waals surface area contributed by atoms with Crippen molar-refractivity contribution in [3.63, 3.8) is 0 Å². The van der Waals surface area contributed by atoms with Gasteiger partial charge < -0.3 is 4.90 Å². The molecule has 0 saturated carbocycles. The number of hydrogen-bond acceptors (Lipinski definition) is 4. The number of anilines is 1. The molecule has 0 unspecified atom stereocenters. The summed E-state index contributed by atoms with van der Waals surface area (Å²) in [7, 11) is 0. The molecule has 2 aromatic carbocycles. The number of ketones is 2. The summed E-state index contributed by atoms with van der Waals surface area (Å²) >= 11 is 1.58. The highest BCUT2D eigenvalue weighted by Gasteiger charge is 2.44. The van der Waals surface area contributed by atoms with Gasteiger partial charge >= 0.3 is 12.4 Å². The minimum Gasteiger partial charge on any atom is -0.369 e. The van der Waals surface area contributed by atoms with Crippen molar-refractivity contribution >= 4 is 39.8 Å². The summed E-state index contributed by atoms with van der Waals surface area (Å²) < 4.78 is 78.6. The van der Waals surface area contributed by atoms with Crippen molar-refractivity contribution in [3.8, 4) is 0 Å². The Morgan fingerprint density at radius 3 is 1.86 bits per heavy atom. The van der Waals surface area contributed by atoms with E-state index < -0.39 is 35.0 Å². The normalized spacial score (nSPS) is 15.7. The fraction of sp³-hybridized carbons (Fsp3) is 0.333. The van der Waals surface area contributed by atoms with Gasteiger partial charge in [-0.15, -0.1) is 0 Å². The Labute approximate surface area is 159 Å². The lowest BCUT2D eigenvalue weighted by Crippen LogP contribution is -2.35. The molecule has 0 atom stereocenters. The molecule has 1 heterocycles. The molecule has 3 nitrogen and oxygen atoms in total. The zero-order chi connectivity index (χ0) is 20.7. The molecule has 28 heavy (non-hydrogen) atoms. The Bertz CT molecular complexity index is 932. The first-order valence-electron chi connectivity index (χ1n) is 8.13. The second-order valence-corrected chi connectivity index (χ2v) is 7.34. The maximum atomic E-state index is 13.2. The van der Waals surface area contributed by atoms with E-state index in [1.165, 1.54) is 24.3 Å². The van der Waals surface area contributed by atoms with Crippen LogP contribution in [0.4, 0.5) is 32.0 Å². The topological polar surface area (TPSA) is 37.4 Å². The highest BCUT2D eigenvalue weighted by Crippen LogP contribution is 2.39. The number of benzene rings is 2. The molecular formula is C18H13F6NO2S. The van der Waals surface area contributed by atoms with Crippen molar-refractivity contribution < 1.29 is 35.9 Å². The number of hydrogen-bond donors (Lipinski definition) is 0. The van der Waals surface area contributed by atoms with Crippen molar-refractivity contribution in [2.75, 3.05) is 29.5 Å². The van der Waals surface area contributed by atoms with Gasteiger partial charge in [-0.1, -0.05) is 24.3 Å². The zero-order valence-electron chi connectivity index (χ0n) is 14.2. The van der Waals surface area contributed by atoms with Crippen LogP contribution in [0.2, 0.25) is 0 Å². The van der Waals surface area contributed by atoms with Gasteiger partial charge in [0.25, 0.3) is 11.6 Å². The van der Waals surface area contributed by atoms with E-state index in [2.05, 4.69) is 0 Å². The van der Waals surface area contributed by atoms with E-state index in [4.69, 9.17) is 0 Å². The van der Waals surface area contributed by atoms with E-state index in [9.17, 15) is 35.9 Å². The number of rotatable bonds is 3. The lowest BCUT2D eigenvalue weighted by molar-refractivity contribution is -0.0886. The maximum absolute atomic E-state index is 13.2. The number of halogens is 6. The molecule has 1 fully saturated rings. The Hall–Kier alpha value is -2.23. The average Bonchev–Trinajstić information content (AvgIpc) is 2.64. The van der Waals surface area contributed by atoms with Crippen LogP contribution in [0.1, 0.15) is 20.7 Å². The SMILES string of the molecule is O=C(c1cc(C(=O)C(F)(F)F)c2ccccc2c1N1CCSCC1)C(F)(F)F. The van der Waals surface area contributed by atoms with E-state index in [-0.39, 0.29) is 16.5 Å². The Morgan fingerprint density at radius 2 is 1.32 bits per heavy atom. The van der Waals surface area contributed by atoms with Crippen molar-refractivity contribution in [3.05, 3.63) is 41.5 Å². The van der Waals surface area contributed by atoms with Gasteiger partial charge in [-0.3, -0.25) is 9.59 Å². The van der Waals surface area contributed by atoms with Crippen molar-refractivity contribution in [2.24, 2.45) is 0 Å². The molecule has 0 bridgehead atoms. The van der Waals surface area contributed by atoms with Gasteiger partial charge in [0.2, 0.25) is 0 Å². The van der Waals surface area contributed by atoms with Gasteiger partial charge in [-0.2, -0.15) is 38.1 Å². The fourth-order valence-corrected chi connectivity index (χ4v) is 4.06. The molecule has 1 saturated heterocycles. The van der Waals surface area contributed by atoms with Gasteiger partial charge in [-0.05, 0) is 11.5 Å². The fourth-order valence-electron chi connectivity index (χ4n) is 3.15. The van der Waals surface area contributed by atoms with Crippen LogP contribution < -0.4 is 4.90 Å². The number of fused-ring (bicyclic) bond motifs is 1. The van der Waals surface area contributed by atoms with Gasteiger partial charge in [0.1, 0.15) is 0 Å². The first-order valence-corrected chi connectivity index (χ1v) is 9.28. The van der Waals surface area contributed by atoms with E-state index in [0.717, 1.165) is 0 Å². The molecular weight excluding hydrogens is 408 g/mol. The summed E-state index contributed by atoms with van der Waals surface area (Å²) in [6, 6.07) is 5.82. The molecule has 0 radical (unpaired) electrons. The van der Waals surface area contributed by atoms with Crippen molar-refractivity contribution in [1.82, 2.24) is 0 Å². The predicted octanol–water partition coefficient (Wildman–Crippen LogP) is 4.88. The lowest BCUT2D eigenvalue weighted by Gasteiger charge is -2.32. The van der Waals surface area contributed by atoms with E-state index in [0.29, 0.717) is 30.7 Å². The molecule has 1 aliphatic heterocycles. The summed E-state index contributed by atoms with van der Waals surface area (Å²) in [5, 5.41) is -0.131. The van der Waals surface area contributed by atoms with E-state index >= 15 is 0 Å². The second kappa shape index (κ2) is 7.31. The van der Waals surface area contributed by atoms with Crippen LogP contribution >= 0.6 is 11.8 Å². The minimum absolute atomic E-state index is 0.0112. The number of thioether (sulfide) groups is 1. The van der Waals surface area contributed by atoms with Crippen LogP contribution in [-0.2, 0) is 0 Å². The van der Waals surface area contributed by atoms with E-state index in [1.807, 2.05) is 0 Å². The number of carbonyl (C=O) groups is 2. The van der Waals surface area contributed by atoms with Crippen LogP contribution in [0.15, 0.2) is 30.3 Å². The summed E-state index contributed by atoms with van der Waals surface area (Å²) in [4.78, 5) is 25.5. The van der Waals surface area contributed by atoms with Crippen molar-refractivity contribution in [2.45, 2.75) is 12.4 Å². The molecule has 10 heteroatoms. The highest BCUT2D eigenvalue weighted by molar-refractivity contribution is 7.99. The summed E-state index contributed by atoms with van der Waals surface area (Å²) in [5.74, 6) is -3.38. The molecule has 0 amide bonds. The van der Waals surface area contributed by atoms with Gasteiger partial charge in [-0.25, -0.2) is 0 Å². The second-order valence-electron chi connectivity index (χ2n) is 6.12. The lowest BCUT2D eigenvalue weighted by atomic mass is 9.93. The Kier molecular flexibility index (Phi) is 5.35. The quantitative estimate of drug-likeness (QED) is 0.523. The monoisotopic (exact) mass is 421 g/mol. The third kappa shape index (κ3) is 3.82. The average molecular weight is 421 g/mol. The number of alkyl halides is 6. The molecule has 0 N–H and O–H groups in total. The smallest absolute Gasteiger partial charge is 0.369 e. The standard InChI is InChI=1S/C18H13F6NO2S/c19-17(20,21)15(26)12-9-13(16(27)18(22,23)24)14(25-5-7-28-8-6-25)11-4-2-1-3-10(11)12/h1-4,9H,5-8H2. The van der Waals surface area contributed by atoms with Gasteiger partial charge in [0.15, 0.2) is 0 Å². The summed E-state index contributed by atoms with van der Waals surface area (Å²) in [6.07, 6.45) is -10.6. The van der Waals surface area contributed by atoms with Gasteiger partial charge in [0.05, 0.1) is 11.3 Å². The summed E-state index contributed by atoms with van der Waals surface area (Å²) in [6.45, 7) is 0.665. The molecule has 150 valence electrons. The molecule has 0 aromatic heterocycles. The van der Waals surface area contributed by atoms with Crippen LogP contribution in [0, 0.1) is 0 Å². The third-order valence-electron chi connectivity index (χ3n) is 4.35. The van der Waals surface area contributed by atoms with E-state index in [1.54, 1.807) is 16.7 Å². The van der Waals surface area contributed by atoms with Crippen LogP contribution in [0.5, 0.6) is 0 Å². The third-order valence-corrected chi connectivity index (χ3v) is 5.29. The molecule has 0 spiro atoms. The minimum atomic E-state index is -5.29. The zero-order valence-corrected chi connectivity index (χ0v) is 15.0. The van der Waals surface area contributed by atoms with Gasteiger partial charge in [0, 0.05) is 35.5 Å². The van der Waals surface area contributed by atoms with Crippen molar-refractivity contribution in [1.29, 1.82) is 0 Å². The first kappa shape index (κ1) is 20.5. The summed E-state index contributed by atoms with van der Waals surface area (Å²) in [5.41, 5.74) is -1.99. The molecule has 2 aromatic rings. The predicted molar refractivity (Wildman–Crippen MR) is 94.3 cm³/mol. The Morgan fingerprint density at radius 1 is 0.821 bits per heavy atom. The largest absolute Gasteiger partial charge is 0.454 e. The molecule has 3 rings (SSSR count). The molecule has 1 aliphatic rings. The molecule has 0 aliphatic carbocycles. The number of nitrogens with zero attached hydrogens (tertiary/aromatic N) is 1. The van der Waals surface area contributed by atoms with Crippen LogP contribution in [0.3, 0.4) is 0 Å². The van der Waals surface area contributed by atoms with Crippen LogP contribution in [0.25, 0.3) is 10.8 Å². The first-order chi connectivity index (χ1) is 13.0. The highest BCUT2D eigenvalue weighted by atomic mass is 32.2. The Balaban J connectivity index is 2.36. The van der Waals surface area contributed by atoms with Crippen LogP contribution in [-0.4, -0.2) is 48.5 Å². The number of carbonyl (C=O) groups excluding carboxylic acids is 2. The number of Topliss-reactive ketones (excluding diaryl/α,β-unsaturated/α-hetero) is 2.